The van der Waals surface area contributed by atoms with Gasteiger partial charge in [0.2, 0.25) is 5.91 Å². The number of fused-ring (bicyclic) bond motifs is 1. The largest absolute Gasteiger partial charge is 0.480 e. The molecule has 0 saturated carbocycles. The lowest BCUT2D eigenvalue weighted by molar-refractivity contribution is -0.138. The predicted molar refractivity (Wildman–Crippen MR) is 120 cm³/mol. The standard InChI is InChI=1S/C22H25Cl2N3O3/c1-13(28)27(16-7-5-14(6-8-16)4-2-3-9-25)20-12-19(22(29)30)26-18-11-15(23)10-17(24)21(18)20/h5-8,10-11,19-20,26H,2-4,9,12,25H2,1H3,(H,29,30)/t19-,20+/m0/s1. The Morgan fingerprint density at radius 3 is 2.50 bits per heavy atom. The number of carbonyl (C=O) groups excluding carboxylic acids is 1. The van der Waals surface area contributed by atoms with Gasteiger partial charge < -0.3 is 21.1 Å². The summed E-state index contributed by atoms with van der Waals surface area (Å²) in [6.45, 7) is 2.14. The van der Waals surface area contributed by atoms with Gasteiger partial charge in [0.05, 0.1) is 6.04 Å². The Morgan fingerprint density at radius 1 is 1.20 bits per heavy atom. The molecule has 6 nitrogen and oxygen atoms in total. The topological polar surface area (TPSA) is 95.7 Å². The molecule has 160 valence electrons. The van der Waals surface area contributed by atoms with E-state index in [-0.39, 0.29) is 12.3 Å². The minimum Gasteiger partial charge on any atom is -0.480 e. The highest BCUT2D eigenvalue weighted by Crippen LogP contribution is 2.44. The van der Waals surface area contributed by atoms with Crippen molar-refractivity contribution in [3.63, 3.8) is 0 Å². The molecule has 30 heavy (non-hydrogen) atoms. The van der Waals surface area contributed by atoms with Crippen LogP contribution in [0.15, 0.2) is 36.4 Å². The van der Waals surface area contributed by atoms with Crippen LogP contribution in [0.1, 0.15) is 43.4 Å². The quantitative estimate of drug-likeness (QED) is 0.535. The number of aliphatic carboxylic acids is 1. The maximum atomic E-state index is 12.7. The minimum atomic E-state index is -1.000. The summed E-state index contributed by atoms with van der Waals surface area (Å²) in [6.07, 6.45) is 3.07. The molecule has 1 amide bonds. The van der Waals surface area contributed by atoms with E-state index in [9.17, 15) is 14.7 Å². The molecule has 0 bridgehead atoms. The number of carboxylic acids is 1. The van der Waals surface area contributed by atoms with Gasteiger partial charge in [-0.3, -0.25) is 4.79 Å². The second kappa shape index (κ2) is 9.69. The number of amides is 1. The number of nitrogens with zero attached hydrogens (tertiary/aromatic N) is 1. The van der Waals surface area contributed by atoms with Crippen LogP contribution in [0.5, 0.6) is 0 Å². The molecule has 4 N–H and O–H groups in total. The van der Waals surface area contributed by atoms with Crippen molar-refractivity contribution in [2.45, 2.75) is 44.7 Å². The Morgan fingerprint density at radius 2 is 1.90 bits per heavy atom. The zero-order chi connectivity index (χ0) is 21.8. The molecule has 3 rings (SSSR count). The number of nitrogens with two attached hydrogens (primary N) is 1. The van der Waals surface area contributed by atoms with Crippen molar-refractivity contribution in [2.75, 3.05) is 16.8 Å². The molecule has 2 aromatic rings. The van der Waals surface area contributed by atoms with Crippen LogP contribution in [0.3, 0.4) is 0 Å². The third-order valence-corrected chi connectivity index (χ3v) is 5.83. The molecule has 0 saturated heterocycles. The van der Waals surface area contributed by atoms with Gasteiger partial charge in [0.1, 0.15) is 6.04 Å². The Kier molecular flexibility index (Phi) is 7.23. The van der Waals surface area contributed by atoms with E-state index in [0.29, 0.717) is 33.5 Å². The molecule has 0 aromatic heterocycles. The number of unbranched alkanes of at least 4 members (excludes halogenated alkanes) is 1. The predicted octanol–water partition coefficient (Wildman–Crippen LogP) is 4.64. The van der Waals surface area contributed by atoms with Crippen molar-refractivity contribution in [3.05, 3.63) is 57.6 Å². The Bertz CT molecular complexity index is 934. The molecule has 1 aliphatic rings. The second-order valence-corrected chi connectivity index (χ2v) is 8.28. The van der Waals surface area contributed by atoms with Crippen molar-refractivity contribution in [1.29, 1.82) is 0 Å². The zero-order valence-corrected chi connectivity index (χ0v) is 18.2. The monoisotopic (exact) mass is 449 g/mol. The lowest BCUT2D eigenvalue weighted by atomic mass is 9.90. The van der Waals surface area contributed by atoms with E-state index in [0.717, 1.165) is 24.8 Å². The number of benzene rings is 2. The van der Waals surface area contributed by atoms with E-state index in [2.05, 4.69) is 5.32 Å². The van der Waals surface area contributed by atoms with Crippen molar-refractivity contribution in [1.82, 2.24) is 0 Å². The lowest BCUT2D eigenvalue weighted by Crippen LogP contribution is -2.43. The van der Waals surface area contributed by atoms with Gasteiger partial charge in [-0.2, -0.15) is 0 Å². The SMILES string of the molecule is CC(=O)N(c1ccc(CCCCN)cc1)[C@@H]1C[C@@H](C(=O)O)Nc2cc(Cl)cc(Cl)c21. The summed E-state index contributed by atoms with van der Waals surface area (Å²) in [5.41, 5.74) is 8.61. The summed E-state index contributed by atoms with van der Waals surface area (Å²) in [6, 6.07) is 9.60. The zero-order valence-electron chi connectivity index (χ0n) is 16.7. The number of halogens is 2. The summed E-state index contributed by atoms with van der Waals surface area (Å²) >= 11 is 12.6. The number of nitrogens with one attached hydrogen (secondary N) is 1. The second-order valence-electron chi connectivity index (χ2n) is 7.44. The number of rotatable bonds is 7. The van der Waals surface area contributed by atoms with E-state index in [1.165, 1.54) is 6.92 Å². The average molecular weight is 450 g/mol. The summed E-state index contributed by atoms with van der Waals surface area (Å²) in [7, 11) is 0. The van der Waals surface area contributed by atoms with Gasteiger partial charge >= 0.3 is 5.97 Å². The maximum Gasteiger partial charge on any atom is 0.326 e. The molecule has 0 aliphatic carbocycles. The molecule has 8 heteroatoms. The van der Waals surface area contributed by atoms with Crippen LogP contribution in [0.4, 0.5) is 11.4 Å². The fourth-order valence-corrected chi connectivity index (χ4v) is 4.52. The first-order valence-electron chi connectivity index (χ1n) is 9.89. The number of aryl methyl sites for hydroxylation is 1. The third kappa shape index (κ3) is 4.89. The van der Waals surface area contributed by atoms with E-state index in [1.807, 2.05) is 24.3 Å². The molecule has 2 atom stereocenters. The van der Waals surface area contributed by atoms with Crippen LogP contribution < -0.4 is 16.0 Å². The molecule has 2 aromatic carbocycles. The van der Waals surface area contributed by atoms with Crippen LogP contribution in [-0.4, -0.2) is 29.6 Å². The summed E-state index contributed by atoms with van der Waals surface area (Å²) in [4.78, 5) is 26.0. The first-order chi connectivity index (χ1) is 14.3. The van der Waals surface area contributed by atoms with Gasteiger partial charge in [0, 0.05) is 40.3 Å². The minimum absolute atomic E-state index is 0.182. The number of carbonyl (C=O) groups is 2. The van der Waals surface area contributed by atoms with E-state index in [4.69, 9.17) is 28.9 Å². The van der Waals surface area contributed by atoms with Crippen molar-refractivity contribution >= 4 is 46.5 Å². The number of hydrogen-bond acceptors (Lipinski definition) is 4. The molecular formula is C22H25Cl2N3O3. The van der Waals surface area contributed by atoms with E-state index in [1.54, 1.807) is 17.0 Å². The van der Waals surface area contributed by atoms with Crippen molar-refractivity contribution < 1.29 is 14.7 Å². The van der Waals surface area contributed by atoms with Crippen LogP contribution in [0, 0.1) is 0 Å². The van der Waals surface area contributed by atoms with E-state index >= 15 is 0 Å². The Hall–Kier alpha value is -2.28. The Balaban J connectivity index is 1.99. The van der Waals surface area contributed by atoms with Gasteiger partial charge in [-0.05, 0) is 55.6 Å². The summed E-state index contributed by atoms with van der Waals surface area (Å²) < 4.78 is 0. The molecule has 0 unspecified atom stereocenters. The smallest absolute Gasteiger partial charge is 0.326 e. The third-order valence-electron chi connectivity index (χ3n) is 5.30. The van der Waals surface area contributed by atoms with Gasteiger partial charge in [-0.25, -0.2) is 4.79 Å². The average Bonchev–Trinajstić information content (AvgIpc) is 2.68. The first kappa shape index (κ1) is 22.4. The molecule has 0 spiro atoms. The highest BCUT2D eigenvalue weighted by molar-refractivity contribution is 6.35. The maximum absolute atomic E-state index is 12.7. The van der Waals surface area contributed by atoms with Gasteiger partial charge in [-0.1, -0.05) is 35.3 Å². The highest BCUT2D eigenvalue weighted by Gasteiger charge is 2.37. The number of anilines is 2. The normalized spacial score (nSPS) is 17.7. The molecule has 1 aliphatic heterocycles. The fraction of sp³-hybridized carbons (Fsp3) is 0.364. The molecule has 0 radical (unpaired) electrons. The van der Waals surface area contributed by atoms with Crippen LogP contribution in [0.2, 0.25) is 10.0 Å². The van der Waals surface area contributed by atoms with Crippen LogP contribution in [-0.2, 0) is 16.0 Å². The van der Waals surface area contributed by atoms with Gasteiger partial charge in [0.25, 0.3) is 0 Å². The van der Waals surface area contributed by atoms with Crippen molar-refractivity contribution in [3.8, 4) is 0 Å². The Labute approximate surface area is 186 Å². The molecule has 1 heterocycles. The summed E-state index contributed by atoms with van der Waals surface area (Å²) in [5, 5.41) is 13.4. The summed E-state index contributed by atoms with van der Waals surface area (Å²) in [5.74, 6) is -1.20. The van der Waals surface area contributed by atoms with E-state index < -0.39 is 18.1 Å². The number of hydrogen-bond donors (Lipinski definition) is 3. The van der Waals surface area contributed by atoms with Crippen molar-refractivity contribution in [2.24, 2.45) is 5.73 Å². The molecular weight excluding hydrogens is 425 g/mol. The first-order valence-corrected chi connectivity index (χ1v) is 10.6. The van der Waals surface area contributed by atoms with Gasteiger partial charge in [0.15, 0.2) is 0 Å². The number of carboxylic acid groups (broad SMARTS) is 1. The lowest BCUT2D eigenvalue weighted by Gasteiger charge is -2.38. The van der Waals surface area contributed by atoms with Crippen LogP contribution in [0.25, 0.3) is 0 Å². The van der Waals surface area contributed by atoms with Crippen LogP contribution >= 0.6 is 23.2 Å². The highest BCUT2D eigenvalue weighted by atomic mass is 35.5. The molecule has 0 fully saturated rings. The fourth-order valence-electron chi connectivity index (χ4n) is 3.91. The van der Waals surface area contributed by atoms with Gasteiger partial charge in [-0.15, -0.1) is 0 Å².